The van der Waals surface area contributed by atoms with Crippen LogP contribution in [0.25, 0.3) is 22.5 Å². The van der Waals surface area contributed by atoms with Crippen molar-refractivity contribution in [1.29, 1.82) is 0 Å². The average Bonchev–Trinajstić information content (AvgIpc) is 3.34. The molecule has 0 aliphatic carbocycles. The van der Waals surface area contributed by atoms with Crippen molar-refractivity contribution in [1.82, 2.24) is 19.4 Å². The van der Waals surface area contributed by atoms with Crippen LogP contribution in [0.2, 0.25) is 0 Å². The molecule has 0 saturated carbocycles. The fraction of sp³-hybridized carbons (Fsp3) is 0.333. The molecule has 204 valence electrons. The molecule has 2 aromatic carbocycles. The summed E-state index contributed by atoms with van der Waals surface area (Å²) in [7, 11) is 1.64. The van der Waals surface area contributed by atoms with Gasteiger partial charge in [-0.25, -0.2) is 9.37 Å². The highest BCUT2D eigenvalue weighted by Gasteiger charge is 2.26. The third-order valence-corrected chi connectivity index (χ3v) is 7.87. The standard InChI is InChI=1S/C30H34FN5O2S/c1-38-19-18-36-29(28(34-30(36)39(2)37)23-8-10-25(31)11-9-23)24-12-15-32-27(20-24)33-26-13-16-35(17-14-26)21-22-6-4-3-5-7-22/h3-12,15,20,26H,13-14,16-19,21H2,1-2H3,(H,32,33). The summed E-state index contributed by atoms with van der Waals surface area (Å²) in [5.74, 6) is 0.473. The van der Waals surface area contributed by atoms with Crippen molar-refractivity contribution in [3.05, 3.63) is 84.3 Å². The summed E-state index contributed by atoms with van der Waals surface area (Å²) in [6, 6.07) is 21.1. The highest BCUT2D eigenvalue weighted by molar-refractivity contribution is 7.90. The Balaban J connectivity index is 1.39. The lowest BCUT2D eigenvalue weighted by atomic mass is 10.0. The molecule has 1 unspecified atom stereocenters. The fourth-order valence-electron chi connectivity index (χ4n) is 5.09. The Kier molecular flexibility index (Phi) is 8.93. The van der Waals surface area contributed by atoms with Crippen LogP contribution >= 0.6 is 0 Å². The molecule has 2 aromatic heterocycles. The van der Waals surface area contributed by atoms with Crippen LogP contribution < -0.4 is 5.32 Å². The molecule has 0 spiro atoms. The number of likely N-dealkylation sites (tertiary alicyclic amines) is 1. The van der Waals surface area contributed by atoms with Gasteiger partial charge in [-0.1, -0.05) is 30.3 Å². The van der Waals surface area contributed by atoms with Crippen LogP contribution in [-0.2, 0) is 29.0 Å². The lowest BCUT2D eigenvalue weighted by Gasteiger charge is -2.32. The molecule has 39 heavy (non-hydrogen) atoms. The van der Waals surface area contributed by atoms with E-state index in [0.717, 1.165) is 55.1 Å². The van der Waals surface area contributed by atoms with E-state index in [9.17, 15) is 8.94 Å². The van der Waals surface area contributed by atoms with Gasteiger partial charge in [-0.05, 0) is 54.8 Å². The van der Waals surface area contributed by atoms with Crippen LogP contribution in [-0.4, -0.2) is 63.1 Å². The van der Waals surface area contributed by atoms with E-state index >= 15 is 0 Å². The summed E-state index contributed by atoms with van der Waals surface area (Å²) in [6.45, 7) is 3.95. The Morgan fingerprint density at radius 1 is 1.05 bits per heavy atom. The first-order valence-corrected chi connectivity index (χ1v) is 14.8. The zero-order valence-electron chi connectivity index (χ0n) is 22.3. The van der Waals surface area contributed by atoms with Crippen molar-refractivity contribution in [2.24, 2.45) is 0 Å². The third kappa shape index (κ3) is 6.67. The number of imidazole rings is 1. The van der Waals surface area contributed by atoms with Gasteiger partial charge < -0.3 is 14.6 Å². The summed E-state index contributed by atoms with van der Waals surface area (Å²) in [5.41, 5.74) is 4.46. The van der Waals surface area contributed by atoms with Gasteiger partial charge in [0.2, 0.25) is 0 Å². The molecule has 1 N–H and O–H groups in total. The van der Waals surface area contributed by atoms with Gasteiger partial charge in [0.1, 0.15) is 23.6 Å². The number of pyridine rings is 1. The molecule has 7 nitrogen and oxygen atoms in total. The largest absolute Gasteiger partial charge is 0.609 e. The van der Waals surface area contributed by atoms with E-state index in [-0.39, 0.29) is 5.82 Å². The van der Waals surface area contributed by atoms with Gasteiger partial charge in [0.15, 0.2) is 0 Å². The first kappa shape index (κ1) is 27.3. The van der Waals surface area contributed by atoms with Crippen molar-refractivity contribution in [3.63, 3.8) is 0 Å². The van der Waals surface area contributed by atoms with Gasteiger partial charge in [0, 0.05) is 61.3 Å². The van der Waals surface area contributed by atoms with Crippen LogP contribution in [0.5, 0.6) is 0 Å². The zero-order chi connectivity index (χ0) is 27.2. The Morgan fingerprint density at radius 2 is 1.79 bits per heavy atom. The van der Waals surface area contributed by atoms with Crippen LogP contribution in [0, 0.1) is 5.82 Å². The smallest absolute Gasteiger partial charge is 0.324 e. The number of halogens is 1. The molecular formula is C30H34FN5O2S. The molecule has 1 atom stereocenters. The van der Waals surface area contributed by atoms with Gasteiger partial charge >= 0.3 is 5.16 Å². The van der Waals surface area contributed by atoms with Crippen molar-refractivity contribution in [2.75, 3.05) is 38.4 Å². The third-order valence-electron chi connectivity index (χ3n) is 7.05. The number of nitrogens with one attached hydrogen (secondary N) is 1. The summed E-state index contributed by atoms with van der Waals surface area (Å²) in [4.78, 5) is 11.9. The molecule has 3 heterocycles. The van der Waals surface area contributed by atoms with E-state index in [1.54, 1.807) is 31.7 Å². The summed E-state index contributed by atoms with van der Waals surface area (Å²) < 4.78 is 33.7. The number of rotatable bonds is 10. The maximum Gasteiger partial charge on any atom is 0.324 e. The number of hydrogen-bond acceptors (Lipinski definition) is 6. The number of nitrogens with zero attached hydrogens (tertiary/aromatic N) is 4. The van der Waals surface area contributed by atoms with E-state index in [0.29, 0.717) is 30.0 Å². The Labute approximate surface area is 232 Å². The second-order valence-electron chi connectivity index (χ2n) is 9.81. The van der Waals surface area contributed by atoms with Gasteiger partial charge in [0.25, 0.3) is 0 Å². The Morgan fingerprint density at radius 3 is 2.49 bits per heavy atom. The van der Waals surface area contributed by atoms with E-state index in [1.165, 1.54) is 17.7 Å². The molecule has 4 aromatic rings. The minimum absolute atomic E-state index is 0.316. The van der Waals surface area contributed by atoms with Crippen LogP contribution in [0.4, 0.5) is 10.2 Å². The molecule has 5 rings (SSSR count). The predicted octanol–water partition coefficient (Wildman–Crippen LogP) is 5.21. The summed E-state index contributed by atoms with van der Waals surface area (Å²) in [5, 5.41) is 4.09. The summed E-state index contributed by atoms with van der Waals surface area (Å²) >= 11 is -1.33. The normalized spacial score (nSPS) is 15.4. The minimum atomic E-state index is -1.33. The molecule has 0 amide bonds. The molecule has 0 bridgehead atoms. The monoisotopic (exact) mass is 547 g/mol. The lowest BCUT2D eigenvalue weighted by molar-refractivity contribution is 0.185. The number of benzene rings is 2. The number of methoxy groups -OCH3 is 1. The van der Waals surface area contributed by atoms with Crippen molar-refractivity contribution in [2.45, 2.75) is 37.1 Å². The number of aromatic nitrogens is 3. The van der Waals surface area contributed by atoms with Gasteiger partial charge in [-0.2, -0.15) is 4.98 Å². The first-order chi connectivity index (χ1) is 19.0. The average molecular weight is 548 g/mol. The molecule has 9 heteroatoms. The number of anilines is 1. The van der Waals surface area contributed by atoms with E-state index in [1.807, 2.05) is 16.7 Å². The zero-order valence-corrected chi connectivity index (χ0v) is 23.2. The van der Waals surface area contributed by atoms with Gasteiger partial charge in [-0.15, -0.1) is 0 Å². The quantitative estimate of drug-likeness (QED) is 0.275. The maximum absolute atomic E-state index is 13.7. The topological polar surface area (TPSA) is 78.3 Å². The van der Waals surface area contributed by atoms with E-state index < -0.39 is 11.2 Å². The Bertz CT molecular complexity index is 1360. The SMILES string of the molecule is COCCn1c([S+](C)[O-])nc(-c2ccc(F)cc2)c1-c1ccnc(NC2CCN(Cc3ccccc3)CC2)c1. The van der Waals surface area contributed by atoms with Crippen LogP contribution in [0.15, 0.2) is 78.1 Å². The second-order valence-corrected chi connectivity index (χ2v) is 11.1. The summed E-state index contributed by atoms with van der Waals surface area (Å²) in [6.07, 6.45) is 5.47. The van der Waals surface area contributed by atoms with Crippen molar-refractivity contribution in [3.8, 4) is 22.5 Å². The highest BCUT2D eigenvalue weighted by atomic mass is 32.2. The van der Waals surface area contributed by atoms with Crippen molar-refractivity contribution >= 4 is 17.0 Å². The van der Waals surface area contributed by atoms with E-state index in [2.05, 4.69) is 45.5 Å². The van der Waals surface area contributed by atoms with Crippen LogP contribution in [0.1, 0.15) is 18.4 Å². The first-order valence-electron chi connectivity index (χ1n) is 13.2. The number of ether oxygens (including phenoxy) is 1. The second kappa shape index (κ2) is 12.7. The van der Waals surface area contributed by atoms with Crippen LogP contribution in [0.3, 0.4) is 0 Å². The lowest BCUT2D eigenvalue weighted by Crippen LogP contribution is -2.38. The number of hydrogen-bond donors (Lipinski definition) is 1. The number of piperidine rings is 1. The van der Waals surface area contributed by atoms with Gasteiger partial charge in [0.05, 0.1) is 18.8 Å². The molecular weight excluding hydrogens is 513 g/mol. The molecule has 1 saturated heterocycles. The molecule has 0 radical (unpaired) electrons. The molecule has 1 fully saturated rings. The fourth-order valence-corrected chi connectivity index (χ4v) is 5.80. The van der Waals surface area contributed by atoms with E-state index in [4.69, 9.17) is 9.72 Å². The van der Waals surface area contributed by atoms with Gasteiger partial charge in [-0.3, -0.25) is 9.47 Å². The van der Waals surface area contributed by atoms with Crippen molar-refractivity contribution < 1.29 is 13.7 Å². The maximum atomic E-state index is 13.7. The predicted molar refractivity (Wildman–Crippen MR) is 153 cm³/mol. The highest BCUT2D eigenvalue weighted by Crippen LogP contribution is 2.35. The molecule has 1 aliphatic rings. The Hall–Kier alpha value is -3.24. The molecule has 1 aliphatic heterocycles. The minimum Gasteiger partial charge on any atom is -0.609 e.